The number of benzene rings is 1. The second-order valence-corrected chi connectivity index (χ2v) is 7.12. The van der Waals surface area contributed by atoms with Gasteiger partial charge in [-0.25, -0.2) is 9.67 Å². The van der Waals surface area contributed by atoms with E-state index in [1.54, 1.807) is 6.20 Å². The first-order valence-corrected chi connectivity index (χ1v) is 8.97. The summed E-state index contributed by atoms with van der Waals surface area (Å²) in [5.74, 6) is -0.0950. The number of nitrogens with one attached hydrogen (secondary N) is 2. The summed E-state index contributed by atoms with van der Waals surface area (Å²) in [5.41, 5.74) is 5.97. The lowest BCUT2D eigenvalue weighted by molar-refractivity contribution is 0.0952. The van der Waals surface area contributed by atoms with Gasteiger partial charge in [-0.2, -0.15) is 5.10 Å². The van der Waals surface area contributed by atoms with E-state index in [9.17, 15) is 4.79 Å². The normalized spacial score (nSPS) is 13.4. The number of rotatable bonds is 4. The van der Waals surface area contributed by atoms with Crippen molar-refractivity contribution >= 4 is 16.9 Å². The zero-order valence-corrected chi connectivity index (χ0v) is 15.3. The third kappa shape index (κ3) is 2.97. The number of carbonyl (C=O) groups is 1. The Morgan fingerprint density at radius 1 is 1.27 bits per heavy atom. The Morgan fingerprint density at radius 2 is 2.08 bits per heavy atom. The summed E-state index contributed by atoms with van der Waals surface area (Å²) >= 11 is 0. The molecule has 6 nitrogen and oxygen atoms in total. The monoisotopic (exact) mass is 349 g/mol. The molecule has 26 heavy (non-hydrogen) atoms. The average molecular weight is 349 g/mol. The molecule has 0 saturated heterocycles. The minimum absolute atomic E-state index is 0.0950. The number of nitrogens with zero attached hydrogens (tertiary/aromatic N) is 3. The lowest BCUT2D eigenvalue weighted by Crippen LogP contribution is -2.23. The van der Waals surface area contributed by atoms with Crippen molar-refractivity contribution in [3.8, 4) is 0 Å². The largest absolute Gasteiger partial charge is 0.348 e. The predicted octanol–water partition coefficient (Wildman–Crippen LogP) is 2.85. The third-order valence-electron chi connectivity index (χ3n) is 4.78. The number of fused-ring (bicyclic) bond motifs is 2. The first-order chi connectivity index (χ1) is 12.5. The van der Waals surface area contributed by atoms with Crippen LogP contribution in [0.5, 0.6) is 0 Å². The third-order valence-corrected chi connectivity index (χ3v) is 4.78. The van der Waals surface area contributed by atoms with E-state index in [2.05, 4.69) is 52.8 Å². The lowest BCUT2D eigenvalue weighted by atomic mass is 10.1. The van der Waals surface area contributed by atoms with Gasteiger partial charge in [0.15, 0.2) is 5.65 Å². The predicted molar refractivity (Wildman–Crippen MR) is 101 cm³/mol. The van der Waals surface area contributed by atoms with E-state index in [4.69, 9.17) is 0 Å². The summed E-state index contributed by atoms with van der Waals surface area (Å²) in [6.07, 6.45) is 1.73. The van der Waals surface area contributed by atoms with Gasteiger partial charge in [0.1, 0.15) is 0 Å². The molecule has 0 spiro atoms. The Morgan fingerprint density at radius 3 is 2.88 bits per heavy atom. The van der Waals surface area contributed by atoms with Crippen molar-refractivity contribution in [2.75, 3.05) is 0 Å². The van der Waals surface area contributed by atoms with Crippen LogP contribution in [0.25, 0.3) is 11.0 Å². The standard InChI is InChI=1S/C20H23N5O/c1-12(2)25-19-18(11-23-25)17(6-13(3)24-19)20(26)22-8-14-4-5-15-9-21-10-16(15)7-14/h4-7,11-12,21H,8-10H2,1-3H3,(H,22,26). The van der Waals surface area contributed by atoms with E-state index in [1.807, 2.05) is 17.7 Å². The van der Waals surface area contributed by atoms with E-state index >= 15 is 0 Å². The van der Waals surface area contributed by atoms with Crippen LogP contribution in [0.3, 0.4) is 0 Å². The fraction of sp³-hybridized carbons (Fsp3) is 0.350. The molecule has 134 valence electrons. The molecule has 0 saturated carbocycles. The van der Waals surface area contributed by atoms with E-state index in [1.165, 1.54) is 11.1 Å². The first kappa shape index (κ1) is 16.7. The molecule has 1 aliphatic rings. The highest BCUT2D eigenvalue weighted by atomic mass is 16.1. The topological polar surface area (TPSA) is 71.8 Å². The molecule has 0 atom stereocenters. The number of aryl methyl sites for hydroxylation is 1. The van der Waals surface area contributed by atoms with Crippen molar-refractivity contribution in [2.24, 2.45) is 0 Å². The highest BCUT2D eigenvalue weighted by Crippen LogP contribution is 2.21. The van der Waals surface area contributed by atoms with Gasteiger partial charge in [-0.15, -0.1) is 0 Å². The molecule has 0 bridgehead atoms. The smallest absolute Gasteiger partial charge is 0.252 e. The van der Waals surface area contributed by atoms with E-state index in [-0.39, 0.29) is 11.9 Å². The van der Waals surface area contributed by atoms with Crippen LogP contribution in [0.2, 0.25) is 0 Å². The Bertz CT molecular complexity index is 989. The molecule has 1 amide bonds. The van der Waals surface area contributed by atoms with E-state index in [0.29, 0.717) is 12.1 Å². The molecule has 3 aromatic rings. The molecule has 0 aliphatic carbocycles. The Labute approximate surface area is 152 Å². The Kier molecular flexibility index (Phi) is 4.20. The van der Waals surface area contributed by atoms with Crippen LogP contribution in [0.15, 0.2) is 30.5 Å². The molecule has 1 aliphatic heterocycles. The highest BCUT2D eigenvalue weighted by Gasteiger charge is 2.17. The van der Waals surface area contributed by atoms with Crippen LogP contribution in [0, 0.1) is 6.92 Å². The molecule has 3 heterocycles. The lowest BCUT2D eigenvalue weighted by Gasteiger charge is -2.10. The number of amides is 1. The number of carbonyl (C=O) groups excluding carboxylic acids is 1. The van der Waals surface area contributed by atoms with Crippen LogP contribution in [0.4, 0.5) is 0 Å². The van der Waals surface area contributed by atoms with Crippen molar-refractivity contribution in [2.45, 2.75) is 46.4 Å². The summed E-state index contributed by atoms with van der Waals surface area (Å²) in [6.45, 7) is 8.35. The van der Waals surface area contributed by atoms with Gasteiger partial charge in [-0.3, -0.25) is 4.79 Å². The van der Waals surface area contributed by atoms with E-state index < -0.39 is 0 Å². The summed E-state index contributed by atoms with van der Waals surface area (Å²) in [4.78, 5) is 17.4. The zero-order chi connectivity index (χ0) is 18.3. The second-order valence-electron chi connectivity index (χ2n) is 7.12. The van der Waals surface area contributed by atoms with Crippen molar-refractivity contribution in [1.82, 2.24) is 25.4 Å². The number of hydrogen-bond donors (Lipinski definition) is 2. The molecule has 0 unspecified atom stereocenters. The highest BCUT2D eigenvalue weighted by molar-refractivity contribution is 6.05. The van der Waals surface area contributed by atoms with Crippen LogP contribution in [0.1, 0.15) is 52.6 Å². The van der Waals surface area contributed by atoms with Gasteiger partial charge in [0.05, 0.1) is 17.1 Å². The molecule has 4 rings (SSSR count). The zero-order valence-electron chi connectivity index (χ0n) is 15.3. The minimum atomic E-state index is -0.0950. The fourth-order valence-corrected chi connectivity index (χ4v) is 3.44. The molecule has 0 fully saturated rings. The van der Waals surface area contributed by atoms with Gasteiger partial charge in [-0.1, -0.05) is 18.2 Å². The van der Waals surface area contributed by atoms with Gasteiger partial charge in [-0.05, 0) is 43.5 Å². The van der Waals surface area contributed by atoms with Gasteiger partial charge in [0, 0.05) is 31.4 Å². The minimum Gasteiger partial charge on any atom is -0.348 e. The molecular formula is C20H23N5O. The van der Waals surface area contributed by atoms with Crippen molar-refractivity contribution < 1.29 is 4.79 Å². The molecular weight excluding hydrogens is 326 g/mol. The summed E-state index contributed by atoms with van der Waals surface area (Å²) < 4.78 is 1.85. The van der Waals surface area contributed by atoms with Crippen molar-refractivity contribution in [1.29, 1.82) is 0 Å². The molecule has 2 aromatic heterocycles. The fourth-order valence-electron chi connectivity index (χ4n) is 3.44. The van der Waals surface area contributed by atoms with Crippen LogP contribution in [-0.4, -0.2) is 20.7 Å². The van der Waals surface area contributed by atoms with Gasteiger partial charge < -0.3 is 10.6 Å². The quantitative estimate of drug-likeness (QED) is 0.760. The van der Waals surface area contributed by atoms with Crippen LogP contribution >= 0.6 is 0 Å². The maximum Gasteiger partial charge on any atom is 0.252 e. The maximum absolute atomic E-state index is 12.8. The Balaban J connectivity index is 1.58. The molecule has 1 aromatic carbocycles. The average Bonchev–Trinajstić information content (AvgIpc) is 3.24. The molecule has 0 radical (unpaired) electrons. The van der Waals surface area contributed by atoms with Gasteiger partial charge >= 0.3 is 0 Å². The summed E-state index contributed by atoms with van der Waals surface area (Å²) in [7, 11) is 0. The first-order valence-electron chi connectivity index (χ1n) is 8.97. The Hall–Kier alpha value is -2.73. The maximum atomic E-state index is 12.8. The SMILES string of the molecule is Cc1cc(C(=O)NCc2ccc3c(c2)CNC3)c2cnn(C(C)C)c2n1. The summed E-state index contributed by atoms with van der Waals surface area (Å²) in [6, 6.07) is 8.41. The van der Waals surface area contributed by atoms with Gasteiger partial charge in [0.2, 0.25) is 0 Å². The van der Waals surface area contributed by atoms with Crippen molar-refractivity contribution in [3.05, 3.63) is 58.4 Å². The number of hydrogen-bond acceptors (Lipinski definition) is 4. The summed E-state index contributed by atoms with van der Waals surface area (Å²) in [5, 5.41) is 11.6. The molecule has 6 heteroatoms. The molecule has 2 N–H and O–H groups in total. The van der Waals surface area contributed by atoms with E-state index in [0.717, 1.165) is 35.4 Å². The number of aromatic nitrogens is 3. The van der Waals surface area contributed by atoms with Crippen molar-refractivity contribution in [3.63, 3.8) is 0 Å². The number of pyridine rings is 1. The van der Waals surface area contributed by atoms with Crippen LogP contribution < -0.4 is 10.6 Å². The second kappa shape index (κ2) is 6.53. The van der Waals surface area contributed by atoms with Gasteiger partial charge in [0.25, 0.3) is 5.91 Å². The van der Waals surface area contributed by atoms with Crippen LogP contribution in [-0.2, 0) is 19.6 Å².